The smallest absolute Gasteiger partial charge is 0.0817 e. The monoisotopic (exact) mass is 213 g/mol. The molecular weight excluding hydrogens is 190 g/mol. The van der Waals surface area contributed by atoms with Crippen LogP contribution in [0.3, 0.4) is 0 Å². The number of ether oxygens (including phenoxy) is 2. The lowest BCUT2D eigenvalue weighted by atomic mass is 10.1. The third kappa shape index (κ3) is 2.92. The van der Waals surface area contributed by atoms with Gasteiger partial charge in [0.05, 0.1) is 24.4 Å². The SMILES string of the molecule is CC1(C)CCC(COC2CCCC2N)O1. The summed E-state index contributed by atoms with van der Waals surface area (Å²) in [7, 11) is 0. The highest BCUT2D eigenvalue weighted by atomic mass is 16.6. The molecule has 3 unspecified atom stereocenters. The van der Waals surface area contributed by atoms with Crippen LogP contribution in [0.5, 0.6) is 0 Å². The second-order valence-corrected chi connectivity index (χ2v) is 5.50. The van der Waals surface area contributed by atoms with Gasteiger partial charge in [-0.25, -0.2) is 0 Å². The van der Waals surface area contributed by atoms with Gasteiger partial charge in [-0.3, -0.25) is 0 Å². The van der Waals surface area contributed by atoms with Crippen molar-refractivity contribution in [2.75, 3.05) is 6.61 Å². The van der Waals surface area contributed by atoms with Gasteiger partial charge in [-0.05, 0) is 46.0 Å². The summed E-state index contributed by atoms with van der Waals surface area (Å²) in [4.78, 5) is 0. The highest BCUT2D eigenvalue weighted by Gasteiger charge is 2.33. The Morgan fingerprint density at radius 3 is 2.67 bits per heavy atom. The maximum Gasteiger partial charge on any atom is 0.0817 e. The van der Waals surface area contributed by atoms with Gasteiger partial charge in [0.25, 0.3) is 0 Å². The van der Waals surface area contributed by atoms with Gasteiger partial charge >= 0.3 is 0 Å². The zero-order chi connectivity index (χ0) is 10.9. The summed E-state index contributed by atoms with van der Waals surface area (Å²) in [6.07, 6.45) is 6.26. The number of rotatable bonds is 3. The first-order valence-electron chi connectivity index (χ1n) is 6.12. The van der Waals surface area contributed by atoms with E-state index >= 15 is 0 Å². The Balaban J connectivity index is 1.70. The van der Waals surface area contributed by atoms with Crippen molar-refractivity contribution in [3.05, 3.63) is 0 Å². The summed E-state index contributed by atoms with van der Waals surface area (Å²) in [6.45, 7) is 5.02. The molecule has 1 saturated carbocycles. The van der Waals surface area contributed by atoms with Crippen LogP contribution >= 0.6 is 0 Å². The van der Waals surface area contributed by atoms with E-state index in [1.807, 2.05) is 0 Å². The summed E-state index contributed by atoms with van der Waals surface area (Å²) in [6, 6.07) is 0.249. The topological polar surface area (TPSA) is 44.5 Å². The molecule has 2 N–H and O–H groups in total. The summed E-state index contributed by atoms with van der Waals surface area (Å²) >= 11 is 0. The lowest BCUT2D eigenvalue weighted by molar-refractivity contribution is -0.0709. The molecule has 3 nitrogen and oxygen atoms in total. The first-order chi connectivity index (χ1) is 7.07. The lowest BCUT2D eigenvalue weighted by Crippen LogP contribution is -2.34. The largest absolute Gasteiger partial charge is 0.374 e. The molecule has 2 rings (SSSR count). The second-order valence-electron chi connectivity index (χ2n) is 5.50. The minimum absolute atomic E-state index is 0.0474. The summed E-state index contributed by atoms with van der Waals surface area (Å²) < 4.78 is 11.7. The molecule has 0 spiro atoms. The van der Waals surface area contributed by atoms with E-state index < -0.39 is 0 Å². The fourth-order valence-electron chi connectivity index (χ4n) is 2.59. The zero-order valence-electron chi connectivity index (χ0n) is 9.87. The van der Waals surface area contributed by atoms with Crippen molar-refractivity contribution in [2.24, 2.45) is 5.73 Å². The quantitative estimate of drug-likeness (QED) is 0.778. The summed E-state index contributed by atoms with van der Waals surface area (Å²) in [5.41, 5.74) is 6.00. The van der Waals surface area contributed by atoms with Gasteiger partial charge in [0.15, 0.2) is 0 Å². The Morgan fingerprint density at radius 2 is 2.13 bits per heavy atom. The van der Waals surface area contributed by atoms with Gasteiger partial charge in [0, 0.05) is 6.04 Å². The fraction of sp³-hybridized carbons (Fsp3) is 1.00. The zero-order valence-corrected chi connectivity index (χ0v) is 9.87. The molecule has 0 aromatic rings. The average Bonchev–Trinajstić information content (AvgIpc) is 2.69. The molecule has 88 valence electrons. The predicted molar refractivity (Wildman–Crippen MR) is 59.8 cm³/mol. The first kappa shape index (κ1) is 11.4. The molecule has 0 radical (unpaired) electrons. The first-order valence-corrected chi connectivity index (χ1v) is 6.12. The van der Waals surface area contributed by atoms with Gasteiger partial charge in [-0.2, -0.15) is 0 Å². The van der Waals surface area contributed by atoms with Gasteiger partial charge in [0.2, 0.25) is 0 Å². The fourth-order valence-corrected chi connectivity index (χ4v) is 2.59. The van der Waals surface area contributed by atoms with Crippen LogP contribution in [0.2, 0.25) is 0 Å². The van der Waals surface area contributed by atoms with Crippen molar-refractivity contribution in [3.63, 3.8) is 0 Å². The Hall–Kier alpha value is -0.120. The Labute approximate surface area is 92.3 Å². The average molecular weight is 213 g/mol. The Bertz CT molecular complexity index is 218. The van der Waals surface area contributed by atoms with E-state index in [2.05, 4.69) is 13.8 Å². The molecule has 1 aliphatic carbocycles. The third-order valence-electron chi connectivity index (χ3n) is 3.55. The van der Waals surface area contributed by atoms with Crippen LogP contribution in [0.25, 0.3) is 0 Å². The van der Waals surface area contributed by atoms with E-state index in [0.717, 1.165) is 32.3 Å². The summed E-state index contributed by atoms with van der Waals surface area (Å²) in [5.74, 6) is 0. The number of nitrogens with two attached hydrogens (primary N) is 1. The minimum atomic E-state index is 0.0474. The van der Waals surface area contributed by atoms with Crippen LogP contribution < -0.4 is 5.73 Å². The molecule has 0 aromatic heterocycles. The normalized spacial score (nSPS) is 39.8. The van der Waals surface area contributed by atoms with Crippen LogP contribution in [-0.2, 0) is 9.47 Å². The van der Waals surface area contributed by atoms with Gasteiger partial charge in [0.1, 0.15) is 0 Å². The van der Waals surface area contributed by atoms with E-state index in [1.165, 1.54) is 6.42 Å². The predicted octanol–water partition coefficient (Wildman–Crippen LogP) is 1.84. The van der Waals surface area contributed by atoms with E-state index in [0.29, 0.717) is 0 Å². The van der Waals surface area contributed by atoms with E-state index in [4.69, 9.17) is 15.2 Å². The molecule has 2 fully saturated rings. The minimum Gasteiger partial charge on any atom is -0.374 e. The van der Waals surface area contributed by atoms with Crippen LogP contribution in [0.1, 0.15) is 46.0 Å². The highest BCUT2D eigenvalue weighted by Crippen LogP contribution is 2.30. The molecule has 1 heterocycles. The van der Waals surface area contributed by atoms with Gasteiger partial charge in [-0.1, -0.05) is 0 Å². The van der Waals surface area contributed by atoms with Crippen molar-refractivity contribution in [1.82, 2.24) is 0 Å². The lowest BCUT2D eigenvalue weighted by Gasteiger charge is -2.22. The van der Waals surface area contributed by atoms with Crippen LogP contribution in [-0.4, -0.2) is 30.5 Å². The standard InChI is InChI=1S/C12H23NO2/c1-12(2)7-6-9(15-12)8-14-11-5-3-4-10(11)13/h9-11H,3-8,13H2,1-2H3. The molecular formula is C12H23NO2. The molecule has 2 aliphatic rings. The molecule has 3 atom stereocenters. The molecule has 15 heavy (non-hydrogen) atoms. The van der Waals surface area contributed by atoms with Crippen molar-refractivity contribution in [2.45, 2.75) is 69.8 Å². The number of hydrogen-bond acceptors (Lipinski definition) is 3. The Kier molecular flexibility index (Phi) is 3.33. The maximum absolute atomic E-state index is 5.95. The Morgan fingerprint density at radius 1 is 1.33 bits per heavy atom. The van der Waals surface area contributed by atoms with Gasteiger partial charge in [-0.15, -0.1) is 0 Å². The van der Waals surface area contributed by atoms with E-state index in [1.54, 1.807) is 0 Å². The van der Waals surface area contributed by atoms with E-state index in [9.17, 15) is 0 Å². The van der Waals surface area contributed by atoms with Crippen molar-refractivity contribution < 1.29 is 9.47 Å². The van der Waals surface area contributed by atoms with Crippen LogP contribution in [0.15, 0.2) is 0 Å². The van der Waals surface area contributed by atoms with Gasteiger partial charge < -0.3 is 15.2 Å². The molecule has 0 aromatic carbocycles. The van der Waals surface area contributed by atoms with Crippen LogP contribution in [0, 0.1) is 0 Å². The maximum atomic E-state index is 5.95. The second kappa shape index (κ2) is 4.40. The van der Waals surface area contributed by atoms with Crippen molar-refractivity contribution in [3.8, 4) is 0 Å². The molecule has 0 bridgehead atoms. The third-order valence-corrected chi connectivity index (χ3v) is 3.55. The number of hydrogen-bond donors (Lipinski definition) is 1. The molecule has 3 heteroatoms. The molecule has 0 amide bonds. The summed E-state index contributed by atoms with van der Waals surface area (Å²) in [5, 5.41) is 0. The van der Waals surface area contributed by atoms with Crippen molar-refractivity contribution in [1.29, 1.82) is 0 Å². The van der Waals surface area contributed by atoms with Crippen molar-refractivity contribution >= 4 is 0 Å². The van der Waals surface area contributed by atoms with E-state index in [-0.39, 0.29) is 23.9 Å². The van der Waals surface area contributed by atoms with Crippen LogP contribution in [0.4, 0.5) is 0 Å². The molecule has 1 saturated heterocycles. The highest BCUT2D eigenvalue weighted by molar-refractivity contribution is 4.84. The molecule has 1 aliphatic heterocycles.